The van der Waals surface area contributed by atoms with Crippen molar-refractivity contribution in [3.63, 3.8) is 0 Å². The van der Waals surface area contributed by atoms with Crippen LogP contribution in [0, 0.1) is 0 Å². The third kappa shape index (κ3) is 3.62. The lowest BCUT2D eigenvalue weighted by molar-refractivity contribution is 0.0688. The van der Waals surface area contributed by atoms with Crippen LogP contribution in [0.4, 0.5) is 0 Å². The molecule has 0 saturated carbocycles. The zero-order chi connectivity index (χ0) is 12.0. The molecule has 1 aromatic heterocycles. The molecule has 1 aromatic rings. The number of aromatic carboxylic acids is 1. The highest BCUT2D eigenvalue weighted by molar-refractivity contribution is 5.86. The summed E-state index contributed by atoms with van der Waals surface area (Å²) in [6.07, 6.45) is 3.78. The van der Waals surface area contributed by atoms with E-state index in [1.165, 1.54) is 6.20 Å². The Morgan fingerprint density at radius 3 is 2.94 bits per heavy atom. The molecule has 1 rings (SSSR count). The summed E-state index contributed by atoms with van der Waals surface area (Å²) in [7, 11) is 1.99. The molecule has 0 aromatic carbocycles. The van der Waals surface area contributed by atoms with Crippen molar-refractivity contribution < 1.29 is 9.90 Å². The number of carboxylic acid groups (broad SMARTS) is 1. The van der Waals surface area contributed by atoms with Gasteiger partial charge in [0.2, 0.25) is 0 Å². The topological polar surface area (TPSA) is 53.4 Å². The molecule has 0 fully saturated rings. The van der Waals surface area contributed by atoms with Crippen molar-refractivity contribution >= 4 is 5.97 Å². The summed E-state index contributed by atoms with van der Waals surface area (Å²) in [6.45, 7) is 3.75. The van der Waals surface area contributed by atoms with Crippen LogP contribution in [-0.2, 0) is 6.54 Å². The quantitative estimate of drug-likeness (QED) is 0.800. The van der Waals surface area contributed by atoms with Crippen molar-refractivity contribution in [2.24, 2.45) is 0 Å². The van der Waals surface area contributed by atoms with E-state index in [4.69, 9.17) is 5.11 Å². The van der Waals surface area contributed by atoms with Gasteiger partial charge >= 0.3 is 5.97 Å². The van der Waals surface area contributed by atoms with Crippen LogP contribution in [0.25, 0.3) is 0 Å². The van der Waals surface area contributed by atoms with Gasteiger partial charge in [0.05, 0.1) is 0 Å². The number of aromatic nitrogens is 1. The highest BCUT2D eigenvalue weighted by atomic mass is 16.4. The van der Waals surface area contributed by atoms with E-state index < -0.39 is 5.97 Å². The first-order valence-electron chi connectivity index (χ1n) is 5.51. The van der Waals surface area contributed by atoms with E-state index >= 15 is 0 Å². The number of carbonyl (C=O) groups is 1. The van der Waals surface area contributed by atoms with Crippen molar-refractivity contribution in [2.45, 2.75) is 26.3 Å². The Bertz CT molecular complexity index is 353. The Hall–Kier alpha value is -1.42. The smallest absolute Gasteiger partial charge is 0.354 e. The first-order valence-corrected chi connectivity index (χ1v) is 5.51. The molecule has 0 aliphatic carbocycles. The zero-order valence-electron chi connectivity index (χ0n) is 9.81. The summed E-state index contributed by atoms with van der Waals surface area (Å²) in [4.78, 5) is 16.9. The molecule has 1 N–H and O–H groups in total. The molecule has 0 radical (unpaired) electrons. The van der Waals surface area contributed by atoms with Crippen LogP contribution in [-0.4, -0.2) is 34.6 Å². The molecule has 1 heterocycles. The second kappa shape index (κ2) is 6.23. The highest BCUT2D eigenvalue weighted by Gasteiger charge is 2.11. The average Bonchev–Trinajstić information content (AvgIpc) is 2.27. The third-order valence-electron chi connectivity index (χ3n) is 2.43. The summed E-state index contributed by atoms with van der Waals surface area (Å²) in [6, 6.07) is 3.59. The summed E-state index contributed by atoms with van der Waals surface area (Å²) >= 11 is 0. The molecule has 88 valence electrons. The first kappa shape index (κ1) is 12.6. The normalized spacial score (nSPS) is 10.7. The fourth-order valence-corrected chi connectivity index (χ4v) is 1.56. The maximum atomic E-state index is 10.9. The maximum Gasteiger partial charge on any atom is 0.354 e. The van der Waals surface area contributed by atoms with Crippen LogP contribution in [0.15, 0.2) is 18.3 Å². The summed E-state index contributed by atoms with van der Waals surface area (Å²) in [5, 5.41) is 8.97. The first-order chi connectivity index (χ1) is 7.65. The minimum atomic E-state index is -0.959. The SMILES string of the molecule is CCCCN(C)Cc1cccnc1C(=O)O. The molecule has 4 heteroatoms. The molecular formula is C12H18N2O2. The molecule has 0 aliphatic heterocycles. The number of nitrogens with zero attached hydrogens (tertiary/aromatic N) is 2. The molecule has 0 unspecified atom stereocenters. The van der Waals surface area contributed by atoms with Gasteiger partial charge in [-0.25, -0.2) is 9.78 Å². The molecule has 16 heavy (non-hydrogen) atoms. The van der Waals surface area contributed by atoms with E-state index in [0.29, 0.717) is 6.54 Å². The Labute approximate surface area is 95.9 Å². The fourth-order valence-electron chi connectivity index (χ4n) is 1.56. The zero-order valence-corrected chi connectivity index (χ0v) is 9.81. The minimum absolute atomic E-state index is 0.158. The number of pyridine rings is 1. The third-order valence-corrected chi connectivity index (χ3v) is 2.43. The predicted molar refractivity (Wildman–Crippen MR) is 62.4 cm³/mol. The largest absolute Gasteiger partial charge is 0.477 e. The fraction of sp³-hybridized carbons (Fsp3) is 0.500. The van der Waals surface area contributed by atoms with Gasteiger partial charge in [-0.3, -0.25) is 0 Å². The lowest BCUT2D eigenvalue weighted by Gasteiger charge is -2.16. The van der Waals surface area contributed by atoms with Gasteiger partial charge in [0.25, 0.3) is 0 Å². The van der Waals surface area contributed by atoms with Gasteiger partial charge in [-0.15, -0.1) is 0 Å². The van der Waals surface area contributed by atoms with Crippen molar-refractivity contribution in [3.05, 3.63) is 29.6 Å². The predicted octanol–water partition coefficient (Wildman–Crippen LogP) is 2.01. The minimum Gasteiger partial charge on any atom is -0.477 e. The van der Waals surface area contributed by atoms with Crippen molar-refractivity contribution in [1.82, 2.24) is 9.88 Å². The van der Waals surface area contributed by atoms with E-state index in [1.807, 2.05) is 13.1 Å². The maximum absolute atomic E-state index is 10.9. The lowest BCUT2D eigenvalue weighted by Crippen LogP contribution is -2.21. The highest BCUT2D eigenvalue weighted by Crippen LogP contribution is 2.08. The van der Waals surface area contributed by atoms with Crippen LogP contribution in [0.3, 0.4) is 0 Å². The number of hydrogen-bond acceptors (Lipinski definition) is 3. The van der Waals surface area contributed by atoms with Gasteiger partial charge in [0, 0.05) is 12.7 Å². The van der Waals surface area contributed by atoms with E-state index in [0.717, 1.165) is 24.9 Å². The van der Waals surface area contributed by atoms with E-state index in [2.05, 4.69) is 16.8 Å². The van der Waals surface area contributed by atoms with Crippen LogP contribution in [0.1, 0.15) is 35.8 Å². The molecule has 0 aliphatic rings. The van der Waals surface area contributed by atoms with Crippen molar-refractivity contribution in [1.29, 1.82) is 0 Å². The van der Waals surface area contributed by atoms with E-state index in [9.17, 15) is 4.79 Å². The van der Waals surface area contributed by atoms with Crippen LogP contribution in [0.5, 0.6) is 0 Å². The number of hydrogen-bond donors (Lipinski definition) is 1. The Balaban J connectivity index is 2.69. The van der Waals surface area contributed by atoms with Crippen LogP contribution >= 0.6 is 0 Å². The summed E-state index contributed by atoms with van der Waals surface area (Å²) in [5.41, 5.74) is 0.930. The summed E-state index contributed by atoms with van der Waals surface area (Å²) in [5.74, 6) is -0.959. The van der Waals surface area contributed by atoms with Gasteiger partial charge in [0.15, 0.2) is 5.69 Å². The van der Waals surface area contributed by atoms with Gasteiger partial charge in [-0.05, 0) is 31.6 Å². The molecule has 4 nitrogen and oxygen atoms in total. The van der Waals surface area contributed by atoms with Crippen molar-refractivity contribution in [2.75, 3.05) is 13.6 Å². The van der Waals surface area contributed by atoms with Crippen LogP contribution in [0.2, 0.25) is 0 Å². The van der Waals surface area contributed by atoms with Gasteiger partial charge in [-0.1, -0.05) is 19.4 Å². The summed E-state index contributed by atoms with van der Waals surface area (Å²) < 4.78 is 0. The average molecular weight is 222 g/mol. The molecular weight excluding hydrogens is 204 g/mol. The van der Waals surface area contributed by atoms with Gasteiger partial charge < -0.3 is 10.0 Å². The Kier molecular flexibility index (Phi) is 4.92. The van der Waals surface area contributed by atoms with E-state index in [1.54, 1.807) is 6.07 Å². The standard InChI is InChI=1S/C12H18N2O2/c1-3-4-8-14(2)9-10-6-5-7-13-11(10)12(15)16/h5-7H,3-4,8-9H2,1-2H3,(H,15,16). The second-order valence-corrected chi connectivity index (χ2v) is 3.91. The number of unbranched alkanes of at least 4 members (excludes halogenated alkanes) is 1. The molecule has 0 amide bonds. The lowest BCUT2D eigenvalue weighted by atomic mass is 10.2. The molecule has 0 spiro atoms. The number of rotatable bonds is 6. The van der Waals surface area contributed by atoms with Crippen LogP contribution < -0.4 is 0 Å². The number of carboxylic acids is 1. The monoisotopic (exact) mass is 222 g/mol. The Morgan fingerprint density at radius 2 is 2.31 bits per heavy atom. The second-order valence-electron chi connectivity index (χ2n) is 3.91. The molecule has 0 bridgehead atoms. The van der Waals surface area contributed by atoms with Crippen molar-refractivity contribution in [3.8, 4) is 0 Å². The molecule has 0 saturated heterocycles. The van der Waals surface area contributed by atoms with Gasteiger partial charge in [0.1, 0.15) is 0 Å². The molecule has 0 atom stereocenters. The Morgan fingerprint density at radius 1 is 1.56 bits per heavy atom. The van der Waals surface area contributed by atoms with E-state index in [-0.39, 0.29) is 5.69 Å². The van der Waals surface area contributed by atoms with Gasteiger partial charge in [-0.2, -0.15) is 0 Å².